The van der Waals surface area contributed by atoms with Crippen LogP contribution >= 0.6 is 0 Å². The molecule has 3 rings (SSSR count). The number of anilines is 1. The number of carbonyl (C=O) groups excluding carboxylic acids is 3. The maximum Gasteiger partial charge on any atom is 0.325 e. The lowest BCUT2D eigenvalue weighted by Gasteiger charge is -2.25. The van der Waals surface area contributed by atoms with Gasteiger partial charge in [0.1, 0.15) is 6.54 Å². The molecule has 7 nitrogen and oxygen atoms in total. The Kier molecular flexibility index (Phi) is 4.94. The molecule has 1 saturated heterocycles. The van der Waals surface area contributed by atoms with Gasteiger partial charge in [0.25, 0.3) is 5.91 Å². The van der Waals surface area contributed by atoms with E-state index < -0.39 is 17.5 Å². The van der Waals surface area contributed by atoms with Gasteiger partial charge in [0, 0.05) is 18.4 Å². The third-order valence-corrected chi connectivity index (χ3v) is 4.77. The standard InChI is InChI=1S/C20H22N4O3/c1-4-23(15-10-6-5-9-14(15)2)17(25)13-24-18(26)20(3,22-19(24)27)16-11-7-8-12-21-16/h5-12H,4,13H2,1-3H3,(H,22,27). The van der Waals surface area contributed by atoms with E-state index in [4.69, 9.17) is 0 Å². The maximum atomic E-state index is 12.9. The summed E-state index contributed by atoms with van der Waals surface area (Å²) < 4.78 is 0. The van der Waals surface area contributed by atoms with E-state index in [2.05, 4.69) is 10.3 Å². The van der Waals surface area contributed by atoms with Crippen LogP contribution < -0.4 is 10.2 Å². The Morgan fingerprint density at radius 1 is 1.19 bits per heavy atom. The molecule has 1 atom stereocenters. The Bertz CT molecular complexity index is 884. The van der Waals surface area contributed by atoms with E-state index in [0.29, 0.717) is 12.2 Å². The van der Waals surface area contributed by atoms with Gasteiger partial charge in [0.15, 0.2) is 5.54 Å². The fourth-order valence-electron chi connectivity index (χ4n) is 3.24. The van der Waals surface area contributed by atoms with Crippen molar-refractivity contribution in [2.45, 2.75) is 26.3 Å². The van der Waals surface area contributed by atoms with Crippen molar-refractivity contribution in [3.05, 3.63) is 59.9 Å². The number of amides is 4. The molecule has 0 aliphatic carbocycles. The average molecular weight is 366 g/mol. The second-order valence-electron chi connectivity index (χ2n) is 6.59. The quantitative estimate of drug-likeness (QED) is 0.823. The van der Waals surface area contributed by atoms with Crippen LogP contribution in [-0.2, 0) is 15.1 Å². The van der Waals surface area contributed by atoms with E-state index in [1.165, 1.54) is 0 Å². The van der Waals surface area contributed by atoms with Crippen molar-refractivity contribution in [2.24, 2.45) is 0 Å². The average Bonchev–Trinajstić information content (AvgIpc) is 2.89. The molecule has 0 spiro atoms. The van der Waals surface area contributed by atoms with Gasteiger partial charge in [-0.15, -0.1) is 0 Å². The number of likely N-dealkylation sites (N-methyl/N-ethyl adjacent to an activating group) is 1. The van der Waals surface area contributed by atoms with Crippen LogP contribution in [0.3, 0.4) is 0 Å². The van der Waals surface area contributed by atoms with E-state index >= 15 is 0 Å². The number of rotatable bonds is 5. The number of nitrogens with zero attached hydrogens (tertiary/aromatic N) is 3. The van der Waals surface area contributed by atoms with Crippen LogP contribution in [-0.4, -0.2) is 40.8 Å². The number of hydrogen-bond acceptors (Lipinski definition) is 4. The zero-order valence-electron chi connectivity index (χ0n) is 15.6. The zero-order valence-corrected chi connectivity index (χ0v) is 15.6. The van der Waals surface area contributed by atoms with Crippen LogP contribution in [0, 0.1) is 6.92 Å². The highest BCUT2D eigenvalue weighted by Crippen LogP contribution is 2.27. The summed E-state index contributed by atoms with van der Waals surface area (Å²) in [6.07, 6.45) is 1.56. The molecule has 1 N–H and O–H groups in total. The van der Waals surface area contributed by atoms with Crippen molar-refractivity contribution < 1.29 is 14.4 Å². The number of benzene rings is 1. The topological polar surface area (TPSA) is 82.6 Å². The molecule has 2 heterocycles. The molecule has 1 aromatic carbocycles. The van der Waals surface area contributed by atoms with Gasteiger partial charge in [-0.2, -0.15) is 0 Å². The predicted octanol–water partition coefficient (Wildman–Crippen LogP) is 2.21. The molecule has 1 fully saturated rings. The highest BCUT2D eigenvalue weighted by atomic mass is 16.2. The summed E-state index contributed by atoms with van der Waals surface area (Å²) in [5.74, 6) is -0.805. The lowest BCUT2D eigenvalue weighted by molar-refractivity contribution is -0.134. The van der Waals surface area contributed by atoms with Crippen LogP contribution in [0.15, 0.2) is 48.7 Å². The number of para-hydroxylation sites is 1. The summed E-state index contributed by atoms with van der Waals surface area (Å²) in [5, 5.41) is 2.66. The third-order valence-electron chi connectivity index (χ3n) is 4.77. The number of hydrogen-bond donors (Lipinski definition) is 1. The molecular formula is C20H22N4O3. The SMILES string of the molecule is CCN(C(=O)CN1C(=O)NC(C)(c2ccccn2)C1=O)c1ccccc1C. The highest BCUT2D eigenvalue weighted by molar-refractivity contribution is 6.10. The van der Waals surface area contributed by atoms with Crippen molar-refractivity contribution in [3.63, 3.8) is 0 Å². The lowest BCUT2D eigenvalue weighted by Crippen LogP contribution is -2.45. The second kappa shape index (κ2) is 7.19. The molecule has 27 heavy (non-hydrogen) atoms. The van der Waals surface area contributed by atoms with Gasteiger partial charge in [-0.25, -0.2) is 4.79 Å². The Labute approximate surface area is 158 Å². The Morgan fingerprint density at radius 2 is 1.89 bits per heavy atom. The number of urea groups is 1. The van der Waals surface area contributed by atoms with Gasteiger partial charge in [0.05, 0.1) is 5.69 Å². The Balaban J connectivity index is 1.83. The van der Waals surface area contributed by atoms with Gasteiger partial charge >= 0.3 is 6.03 Å². The molecule has 0 bridgehead atoms. The van der Waals surface area contributed by atoms with Crippen LogP contribution in [0.4, 0.5) is 10.5 Å². The van der Waals surface area contributed by atoms with Gasteiger partial charge in [-0.1, -0.05) is 24.3 Å². The highest BCUT2D eigenvalue weighted by Gasteiger charge is 2.50. The summed E-state index contributed by atoms with van der Waals surface area (Å²) in [4.78, 5) is 44.9. The summed E-state index contributed by atoms with van der Waals surface area (Å²) in [5.41, 5.74) is 0.871. The molecule has 140 valence electrons. The lowest BCUT2D eigenvalue weighted by atomic mass is 9.97. The molecule has 1 unspecified atom stereocenters. The van der Waals surface area contributed by atoms with E-state index in [9.17, 15) is 14.4 Å². The van der Waals surface area contributed by atoms with Crippen molar-refractivity contribution in [1.29, 1.82) is 0 Å². The van der Waals surface area contributed by atoms with Crippen molar-refractivity contribution >= 4 is 23.5 Å². The minimum Gasteiger partial charge on any atom is -0.318 e. The van der Waals surface area contributed by atoms with Crippen molar-refractivity contribution in [1.82, 2.24) is 15.2 Å². The number of aryl methyl sites for hydroxylation is 1. The predicted molar refractivity (Wildman–Crippen MR) is 101 cm³/mol. The maximum absolute atomic E-state index is 12.9. The fourth-order valence-corrected chi connectivity index (χ4v) is 3.24. The summed E-state index contributed by atoms with van der Waals surface area (Å²) >= 11 is 0. The molecule has 4 amide bonds. The first-order valence-electron chi connectivity index (χ1n) is 8.80. The largest absolute Gasteiger partial charge is 0.325 e. The minimum atomic E-state index is -1.28. The van der Waals surface area contributed by atoms with E-state index in [1.54, 1.807) is 36.2 Å². The molecule has 0 radical (unpaired) electrons. The normalized spacial score (nSPS) is 19.1. The minimum absolute atomic E-state index is 0.319. The summed E-state index contributed by atoms with van der Waals surface area (Å²) in [6.45, 7) is 5.48. The van der Waals surface area contributed by atoms with Gasteiger partial charge in [-0.05, 0) is 44.5 Å². The van der Waals surface area contributed by atoms with E-state index in [1.807, 2.05) is 38.1 Å². The molecule has 2 aromatic rings. The number of carbonyl (C=O) groups is 3. The molecule has 1 aliphatic heterocycles. The van der Waals surface area contributed by atoms with Gasteiger partial charge < -0.3 is 10.2 Å². The summed E-state index contributed by atoms with van der Waals surface area (Å²) in [7, 11) is 0. The molecule has 7 heteroatoms. The monoisotopic (exact) mass is 366 g/mol. The number of pyridine rings is 1. The molecule has 0 saturated carbocycles. The van der Waals surface area contributed by atoms with Crippen molar-refractivity contribution in [2.75, 3.05) is 18.0 Å². The van der Waals surface area contributed by atoms with Crippen LogP contribution in [0.5, 0.6) is 0 Å². The molecule has 1 aromatic heterocycles. The number of nitrogens with one attached hydrogen (secondary N) is 1. The zero-order chi connectivity index (χ0) is 19.6. The second-order valence-corrected chi connectivity index (χ2v) is 6.59. The Morgan fingerprint density at radius 3 is 2.52 bits per heavy atom. The van der Waals surface area contributed by atoms with Gasteiger partial charge in [0.2, 0.25) is 5.91 Å². The first-order valence-corrected chi connectivity index (χ1v) is 8.80. The number of imide groups is 1. The van der Waals surface area contributed by atoms with Crippen molar-refractivity contribution in [3.8, 4) is 0 Å². The summed E-state index contributed by atoms with van der Waals surface area (Å²) in [6, 6.07) is 12.1. The van der Waals surface area contributed by atoms with E-state index in [0.717, 1.165) is 16.2 Å². The first kappa shape index (κ1) is 18.6. The van der Waals surface area contributed by atoms with E-state index in [-0.39, 0.29) is 12.5 Å². The Hall–Kier alpha value is -3.22. The molecular weight excluding hydrogens is 344 g/mol. The van der Waals surface area contributed by atoms with Crippen LogP contribution in [0.25, 0.3) is 0 Å². The number of aromatic nitrogens is 1. The fraction of sp³-hybridized carbons (Fsp3) is 0.300. The first-order chi connectivity index (χ1) is 12.9. The smallest absolute Gasteiger partial charge is 0.318 e. The van der Waals surface area contributed by atoms with Crippen LogP contribution in [0.2, 0.25) is 0 Å². The molecule has 1 aliphatic rings. The van der Waals surface area contributed by atoms with Crippen LogP contribution in [0.1, 0.15) is 25.1 Å². The third kappa shape index (κ3) is 3.28. The van der Waals surface area contributed by atoms with Gasteiger partial charge in [-0.3, -0.25) is 19.5 Å².